The number of nitrogens with two attached hydrogens (primary N) is 4. The summed E-state index contributed by atoms with van der Waals surface area (Å²) in [5.41, 5.74) is 32.2. The molecule has 432 valence electrons. The van der Waals surface area contributed by atoms with Gasteiger partial charge in [0, 0.05) is 84.7 Å². The van der Waals surface area contributed by atoms with Crippen LogP contribution in [0.1, 0.15) is 101 Å². The van der Waals surface area contributed by atoms with Crippen LogP contribution in [0.4, 0.5) is 31.5 Å². The van der Waals surface area contributed by atoms with E-state index >= 15 is 0 Å². The molecule has 0 unspecified atom stereocenters. The second-order valence-electron chi connectivity index (χ2n) is 18.7. The van der Waals surface area contributed by atoms with E-state index in [2.05, 4.69) is 15.0 Å². The lowest BCUT2D eigenvalue weighted by Gasteiger charge is -2.06. The first-order chi connectivity index (χ1) is 40.0. The summed E-state index contributed by atoms with van der Waals surface area (Å²) in [5, 5.41) is 25.6. The molecule has 0 atom stereocenters. The molecule has 8 aromatic rings. The quantitative estimate of drug-likeness (QED) is 0.0310. The largest absolute Gasteiger partial charge is 0.481 e. The number of halogens is 2. The van der Waals surface area contributed by atoms with Gasteiger partial charge in [0.15, 0.2) is 5.78 Å². The number of nitrogen functional groups attached to an aromatic ring is 4. The van der Waals surface area contributed by atoms with E-state index in [9.17, 15) is 37.5 Å². The van der Waals surface area contributed by atoms with Gasteiger partial charge in [0.05, 0.1) is 28.9 Å². The zero-order valence-electron chi connectivity index (χ0n) is 46.5. The third-order valence-corrected chi connectivity index (χ3v) is 11.7. The molecular formula is C66H65F2N7O9. The van der Waals surface area contributed by atoms with E-state index in [1.807, 2.05) is 81.5 Å². The monoisotopic (exact) mass is 1140 g/mol. The van der Waals surface area contributed by atoms with Gasteiger partial charge in [-0.05, 0) is 139 Å². The average Bonchev–Trinajstić information content (AvgIpc) is 3.61. The van der Waals surface area contributed by atoms with Crippen LogP contribution in [-0.4, -0.2) is 65.5 Å². The van der Waals surface area contributed by atoms with E-state index in [4.69, 9.17) is 38.3 Å². The predicted molar refractivity (Wildman–Crippen MR) is 325 cm³/mol. The van der Waals surface area contributed by atoms with Crippen molar-refractivity contribution in [2.24, 2.45) is 0 Å². The number of aliphatic carboxylic acids is 1. The van der Waals surface area contributed by atoms with Crippen molar-refractivity contribution >= 4 is 76.2 Å². The van der Waals surface area contributed by atoms with E-state index < -0.39 is 23.7 Å². The number of anilines is 4. The van der Waals surface area contributed by atoms with E-state index in [0.717, 1.165) is 44.9 Å². The van der Waals surface area contributed by atoms with Gasteiger partial charge >= 0.3 is 17.9 Å². The van der Waals surface area contributed by atoms with E-state index in [0.29, 0.717) is 48.2 Å². The van der Waals surface area contributed by atoms with Crippen LogP contribution in [0.2, 0.25) is 0 Å². The summed E-state index contributed by atoms with van der Waals surface area (Å²) in [7, 11) is 0. The summed E-state index contributed by atoms with van der Waals surface area (Å²) in [5.74, 6) is -3.45. The molecule has 0 bridgehead atoms. The van der Waals surface area contributed by atoms with Gasteiger partial charge in [-0.3, -0.25) is 34.1 Å². The summed E-state index contributed by atoms with van der Waals surface area (Å²) < 4.78 is 25.3. The highest BCUT2D eigenvalue weighted by molar-refractivity contribution is 5.98. The second-order valence-corrected chi connectivity index (χ2v) is 18.7. The lowest BCUT2D eigenvalue weighted by Crippen LogP contribution is -2.07. The molecule has 3 heterocycles. The normalized spacial score (nSPS) is 10.5. The fourth-order valence-corrected chi connectivity index (χ4v) is 7.03. The highest BCUT2D eigenvalue weighted by Gasteiger charge is 2.12. The number of ketones is 3. The van der Waals surface area contributed by atoms with Gasteiger partial charge in [-0.25, -0.2) is 18.4 Å². The Morgan fingerprint density at radius 2 is 0.810 bits per heavy atom. The number of aromatic nitrogens is 3. The Morgan fingerprint density at radius 3 is 1.17 bits per heavy atom. The van der Waals surface area contributed by atoms with Crippen LogP contribution in [0.3, 0.4) is 0 Å². The lowest BCUT2D eigenvalue weighted by atomic mass is 9.99. The average molecular weight is 1140 g/mol. The molecule has 18 heteroatoms. The molecule has 0 radical (unpaired) electrons. The number of carbonyl (C=O) groups excluding carboxylic acids is 3. The molecule has 0 fully saturated rings. The standard InChI is InChI=1S/C25H23FN2O2.C18H17NO3.C10H11NO2.C7H7NO2.C6H7FN2/c1-17-5-6-19(16-28-17)3-2-4-23(29)13-18-7-9-20(10-8-18)25(30)14-21-11-12-22(26)15-24(21)27;1-13-5-6-15(12-19-13)3-2-4-17(20)11-14-7-9-16(10-8-14)18(21)22;1-8-5-6-9(7-11-8)3-2-4-10(12)13;8-6-3-1-5(2-4-6)7(9)10;7-4-1-2-5(8)6(9)3-4/h2-3,5-12,15-16H,4,13-14,27H2,1H3;2-3,5-10,12H,4,11H2,1H3,(H,21,22);2-3,5-7H,4H2,1H3,(H,12,13);1-4H,8H2,(H,9,10);1-3H,8-9H2/b3*3-2+;;. The Morgan fingerprint density at radius 1 is 0.429 bits per heavy atom. The van der Waals surface area contributed by atoms with Gasteiger partial charge in [-0.2, -0.15) is 0 Å². The molecule has 84 heavy (non-hydrogen) atoms. The minimum atomic E-state index is -0.965. The Balaban J connectivity index is 0.000000244. The Hall–Kier alpha value is -10.8. The number of pyridine rings is 3. The van der Waals surface area contributed by atoms with Crippen molar-refractivity contribution in [1.29, 1.82) is 0 Å². The van der Waals surface area contributed by atoms with E-state index in [-0.39, 0.29) is 58.5 Å². The summed E-state index contributed by atoms with van der Waals surface area (Å²) in [6, 6.07) is 38.9. The Labute approximate surface area is 485 Å². The molecule has 0 aliphatic heterocycles. The fraction of sp³-hybridized carbons (Fsp3) is 0.136. The number of carboxylic acids is 3. The molecular weight excluding hydrogens is 1070 g/mol. The first-order valence-electron chi connectivity index (χ1n) is 25.9. The van der Waals surface area contributed by atoms with Crippen molar-refractivity contribution in [2.45, 2.75) is 59.3 Å². The molecule has 11 N–H and O–H groups in total. The topological polar surface area (TPSA) is 306 Å². The summed E-state index contributed by atoms with van der Waals surface area (Å²) >= 11 is 0. The van der Waals surface area contributed by atoms with Crippen molar-refractivity contribution in [3.05, 3.63) is 261 Å². The lowest BCUT2D eigenvalue weighted by molar-refractivity contribution is -0.136. The van der Waals surface area contributed by atoms with Crippen molar-refractivity contribution in [3.63, 3.8) is 0 Å². The van der Waals surface area contributed by atoms with Gasteiger partial charge in [0.1, 0.15) is 23.2 Å². The number of hydrogen-bond donors (Lipinski definition) is 7. The smallest absolute Gasteiger partial charge is 0.335 e. The molecule has 0 saturated carbocycles. The SMILES string of the molecule is Cc1ccc(/C=C/CC(=O)Cc2ccc(C(=O)Cc3ccc(F)cc3N)cc2)cn1.Cc1ccc(/C=C/CC(=O)Cc2ccc(C(=O)O)cc2)cn1.Cc1ccc(/C=C/CC(=O)O)cn1.Nc1ccc(C(=O)O)cc1.Nc1ccc(F)cc1N. The first kappa shape index (κ1) is 65.8. The number of benzene rings is 5. The number of carboxylic acid groups (broad SMARTS) is 3. The molecule has 0 saturated heterocycles. The molecule has 0 amide bonds. The zero-order chi connectivity index (χ0) is 61.6. The van der Waals surface area contributed by atoms with Crippen molar-refractivity contribution in [2.75, 3.05) is 22.9 Å². The molecule has 8 rings (SSSR count). The van der Waals surface area contributed by atoms with E-state index in [1.54, 1.807) is 79.3 Å². The number of rotatable bonds is 18. The van der Waals surface area contributed by atoms with Crippen molar-refractivity contribution in [3.8, 4) is 0 Å². The predicted octanol–water partition coefficient (Wildman–Crippen LogP) is 11.9. The molecule has 16 nitrogen and oxygen atoms in total. The number of hydrogen-bond acceptors (Lipinski definition) is 13. The van der Waals surface area contributed by atoms with E-state index in [1.165, 1.54) is 60.7 Å². The number of nitrogens with zero attached hydrogens (tertiary/aromatic N) is 3. The van der Waals surface area contributed by atoms with Crippen LogP contribution in [0, 0.1) is 32.4 Å². The van der Waals surface area contributed by atoms with Crippen LogP contribution >= 0.6 is 0 Å². The molecule has 0 spiro atoms. The maximum absolute atomic E-state index is 13.1. The van der Waals surface area contributed by atoms with Gasteiger partial charge in [0.2, 0.25) is 0 Å². The van der Waals surface area contributed by atoms with Gasteiger partial charge in [-0.15, -0.1) is 0 Å². The van der Waals surface area contributed by atoms with Gasteiger partial charge in [0.25, 0.3) is 0 Å². The van der Waals surface area contributed by atoms with Crippen molar-refractivity contribution < 1.29 is 52.9 Å². The molecule has 5 aromatic carbocycles. The Bertz CT molecular complexity index is 3560. The Kier molecular flexibility index (Phi) is 26.9. The maximum atomic E-state index is 13.1. The highest BCUT2D eigenvalue weighted by atomic mass is 19.1. The molecule has 0 aliphatic rings. The number of Topliss-reactive ketones (excluding diaryl/α,β-unsaturated/α-hetero) is 3. The molecule has 3 aromatic heterocycles. The maximum Gasteiger partial charge on any atom is 0.335 e. The number of aryl methyl sites for hydroxylation is 3. The third-order valence-electron chi connectivity index (χ3n) is 11.7. The minimum absolute atomic E-state index is 0.0495. The van der Waals surface area contributed by atoms with Crippen LogP contribution in [0.5, 0.6) is 0 Å². The summed E-state index contributed by atoms with van der Waals surface area (Å²) in [6.07, 6.45) is 17.4. The fourth-order valence-electron chi connectivity index (χ4n) is 7.03. The number of allylic oxidation sites excluding steroid dienone is 2. The number of carbonyl (C=O) groups is 6. The van der Waals surface area contributed by atoms with Crippen molar-refractivity contribution in [1.82, 2.24) is 15.0 Å². The van der Waals surface area contributed by atoms with Crippen LogP contribution < -0.4 is 22.9 Å². The number of aromatic carboxylic acids is 2. The highest BCUT2D eigenvalue weighted by Crippen LogP contribution is 2.18. The second kappa shape index (κ2) is 34.4. The van der Waals surface area contributed by atoms with Gasteiger partial charge in [-0.1, -0.05) is 97.1 Å². The van der Waals surface area contributed by atoms with Gasteiger partial charge < -0.3 is 38.3 Å². The molecule has 0 aliphatic carbocycles. The summed E-state index contributed by atoms with van der Waals surface area (Å²) in [6.45, 7) is 5.76. The van der Waals surface area contributed by atoms with Crippen LogP contribution in [0.15, 0.2) is 182 Å². The van der Waals surface area contributed by atoms with Crippen LogP contribution in [-0.2, 0) is 33.6 Å². The zero-order valence-corrected chi connectivity index (χ0v) is 46.5. The summed E-state index contributed by atoms with van der Waals surface area (Å²) in [4.78, 5) is 80.2. The minimum Gasteiger partial charge on any atom is -0.481 e. The van der Waals surface area contributed by atoms with Crippen LogP contribution in [0.25, 0.3) is 18.2 Å². The third kappa shape index (κ3) is 25.6. The first-order valence-corrected chi connectivity index (χ1v) is 25.9.